The van der Waals surface area contributed by atoms with E-state index in [0.717, 1.165) is 0 Å². The summed E-state index contributed by atoms with van der Waals surface area (Å²) in [5.74, 6) is 1.31. The quantitative estimate of drug-likeness (QED) is 0.449. The summed E-state index contributed by atoms with van der Waals surface area (Å²) in [7, 11) is 0. The van der Waals surface area contributed by atoms with E-state index in [-0.39, 0.29) is 4.33 Å². The molecule has 3 aliphatic rings. The van der Waals surface area contributed by atoms with Crippen LogP contribution in [0.1, 0.15) is 12.8 Å². The highest BCUT2D eigenvalue weighted by Gasteiger charge is 2.63. The Morgan fingerprint density at radius 3 is 1.43 bits per heavy atom. The van der Waals surface area contributed by atoms with Crippen LogP contribution in [0.5, 0.6) is 0 Å². The number of hydrogen-bond acceptors (Lipinski definition) is 0. The van der Waals surface area contributed by atoms with Crippen molar-refractivity contribution < 1.29 is 0 Å². The van der Waals surface area contributed by atoms with Crippen molar-refractivity contribution in [3.8, 4) is 0 Å². The predicted octanol–water partition coefficient (Wildman–Crippen LogP) is 2.20. The molecular formula is C5H6Cl2. The van der Waals surface area contributed by atoms with Gasteiger partial charge in [0.2, 0.25) is 0 Å². The highest BCUT2D eigenvalue weighted by atomic mass is 35.5. The van der Waals surface area contributed by atoms with Crippen molar-refractivity contribution in [2.75, 3.05) is 0 Å². The number of rotatable bonds is 0. The number of hydrogen-bond donors (Lipinski definition) is 0. The van der Waals surface area contributed by atoms with Gasteiger partial charge in [0.25, 0.3) is 0 Å². The van der Waals surface area contributed by atoms with Gasteiger partial charge in [-0.1, -0.05) is 0 Å². The first-order chi connectivity index (χ1) is 3.21. The maximum Gasteiger partial charge on any atom is 0.123 e. The second-order valence-electron chi connectivity index (χ2n) is 2.54. The molecule has 0 aromatic rings. The molecule has 0 nitrogen and oxygen atoms in total. The van der Waals surface area contributed by atoms with E-state index >= 15 is 0 Å². The van der Waals surface area contributed by atoms with Gasteiger partial charge in [0.1, 0.15) is 4.33 Å². The van der Waals surface area contributed by atoms with E-state index < -0.39 is 0 Å². The van der Waals surface area contributed by atoms with Crippen molar-refractivity contribution in [1.29, 1.82) is 0 Å². The molecule has 40 valence electrons. The average Bonchev–Trinajstić information content (AvgIpc) is 1.26. The second-order valence-corrected chi connectivity index (χ2v) is 3.98. The molecule has 0 saturated heterocycles. The summed E-state index contributed by atoms with van der Waals surface area (Å²) in [4.78, 5) is 0. The second kappa shape index (κ2) is 0.964. The summed E-state index contributed by atoms with van der Waals surface area (Å²) in [6.45, 7) is 0. The Hall–Kier alpha value is 0.580. The lowest BCUT2D eigenvalue weighted by molar-refractivity contribution is 0.000479. The van der Waals surface area contributed by atoms with E-state index in [2.05, 4.69) is 0 Å². The SMILES string of the molecule is ClC1(Cl)C2CC1C2. The topological polar surface area (TPSA) is 0 Å². The molecular weight excluding hydrogens is 131 g/mol. The van der Waals surface area contributed by atoms with Crippen molar-refractivity contribution in [3.63, 3.8) is 0 Å². The van der Waals surface area contributed by atoms with Gasteiger partial charge < -0.3 is 0 Å². The molecule has 0 unspecified atom stereocenters. The van der Waals surface area contributed by atoms with Crippen molar-refractivity contribution in [3.05, 3.63) is 0 Å². The number of halogens is 2. The Labute approximate surface area is 52.8 Å². The zero-order valence-corrected chi connectivity index (χ0v) is 5.34. The van der Waals surface area contributed by atoms with Crippen LogP contribution >= 0.6 is 23.2 Å². The van der Waals surface area contributed by atoms with Crippen LogP contribution in [0.25, 0.3) is 0 Å². The van der Waals surface area contributed by atoms with Crippen LogP contribution in [0.4, 0.5) is 0 Å². The van der Waals surface area contributed by atoms with Crippen molar-refractivity contribution >= 4 is 23.2 Å². The first-order valence-electron chi connectivity index (χ1n) is 2.59. The molecule has 0 amide bonds. The molecule has 3 aliphatic carbocycles. The van der Waals surface area contributed by atoms with Gasteiger partial charge in [-0.05, 0) is 24.7 Å². The molecule has 0 aromatic carbocycles. The van der Waals surface area contributed by atoms with E-state index in [0.29, 0.717) is 11.8 Å². The van der Waals surface area contributed by atoms with E-state index in [1.807, 2.05) is 0 Å². The molecule has 7 heavy (non-hydrogen) atoms. The highest BCUT2D eigenvalue weighted by molar-refractivity contribution is 6.50. The zero-order valence-electron chi connectivity index (χ0n) is 3.82. The molecule has 2 bridgehead atoms. The summed E-state index contributed by atoms with van der Waals surface area (Å²) in [5.41, 5.74) is 0. The highest BCUT2D eigenvalue weighted by Crippen LogP contribution is 2.67. The third-order valence-corrected chi connectivity index (χ3v) is 3.46. The Balaban J connectivity index is 2.18. The molecule has 2 heteroatoms. The summed E-state index contributed by atoms with van der Waals surface area (Å²) in [6, 6.07) is 0. The van der Waals surface area contributed by atoms with Crippen molar-refractivity contribution in [2.24, 2.45) is 11.8 Å². The van der Waals surface area contributed by atoms with Crippen LogP contribution in [-0.4, -0.2) is 4.33 Å². The minimum Gasteiger partial charge on any atom is -0.101 e. The fourth-order valence-electron chi connectivity index (χ4n) is 1.26. The minimum absolute atomic E-state index is 0.278. The van der Waals surface area contributed by atoms with Crippen molar-refractivity contribution in [2.45, 2.75) is 17.2 Å². The summed E-state index contributed by atoms with van der Waals surface area (Å²) in [5, 5.41) is 0. The molecule has 3 fully saturated rings. The van der Waals surface area contributed by atoms with Gasteiger partial charge in [0.15, 0.2) is 0 Å². The maximum atomic E-state index is 5.77. The average molecular weight is 137 g/mol. The Kier molecular flexibility index (Phi) is 0.614. The maximum absolute atomic E-state index is 5.77. The third-order valence-electron chi connectivity index (χ3n) is 2.23. The molecule has 0 radical (unpaired) electrons. The molecule has 0 aromatic heterocycles. The predicted molar refractivity (Wildman–Crippen MR) is 30.7 cm³/mol. The van der Waals surface area contributed by atoms with Gasteiger partial charge >= 0.3 is 0 Å². The first-order valence-corrected chi connectivity index (χ1v) is 3.34. The van der Waals surface area contributed by atoms with Crippen molar-refractivity contribution in [1.82, 2.24) is 0 Å². The fraction of sp³-hybridized carbons (Fsp3) is 1.00. The van der Waals surface area contributed by atoms with Gasteiger partial charge in [-0.15, -0.1) is 23.2 Å². The lowest BCUT2D eigenvalue weighted by Crippen LogP contribution is -2.59. The molecule has 0 atom stereocenters. The smallest absolute Gasteiger partial charge is 0.101 e. The minimum atomic E-state index is -0.278. The molecule has 3 rings (SSSR count). The lowest BCUT2D eigenvalue weighted by Gasteiger charge is -2.60. The Bertz CT molecular complexity index is 92.6. The van der Waals surface area contributed by atoms with E-state index in [4.69, 9.17) is 23.2 Å². The lowest BCUT2D eigenvalue weighted by atomic mass is 9.55. The van der Waals surface area contributed by atoms with Gasteiger partial charge in [-0.2, -0.15) is 0 Å². The van der Waals surface area contributed by atoms with Gasteiger partial charge in [-0.3, -0.25) is 0 Å². The summed E-state index contributed by atoms with van der Waals surface area (Å²) >= 11 is 11.5. The van der Waals surface area contributed by atoms with E-state index in [1.54, 1.807) is 0 Å². The van der Waals surface area contributed by atoms with Gasteiger partial charge in [0, 0.05) is 0 Å². The summed E-state index contributed by atoms with van der Waals surface area (Å²) < 4.78 is -0.278. The largest absolute Gasteiger partial charge is 0.123 e. The van der Waals surface area contributed by atoms with Crippen LogP contribution in [0, 0.1) is 11.8 Å². The Morgan fingerprint density at radius 2 is 1.43 bits per heavy atom. The monoisotopic (exact) mass is 136 g/mol. The third kappa shape index (κ3) is 0.326. The first kappa shape index (κ1) is 4.46. The van der Waals surface area contributed by atoms with Crippen LogP contribution < -0.4 is 0 Å². The van der Waals surface area contributed by atoms with Crippen LogP contribution in [-0.2, 0) is 0 Å². The standard InChI is InChI=1S/C5H6Cl2/c6-5(7)3-1-4(5)2-3/h3-4H,1-2H2. The van der Waals surface area contributed by atoms with E-state index in [1.165, 1.54) is 12.8 Å². The number of alkyl halides is 2. The van der Waals surface area contributed by atoms with Crippen LogP contribution in [0.15, 0.2) is 0 Å². The van der Waals surface area contributed by atoms with Gasteiger partial charge in [0.05, 0.1) is 0 Å². The molecule has 0 aliphatic heterocycles. The zero-order chi connectivity index (χ0) is 5.07. The summed E-state index contributed by atoms with van der Waals surface area (Å²) in [6.07, 6.45) is 2.57. The molecule has 0 heterocycles. The van der Waals surface area contributed by atoms with Gasteiger partial charge in [-0.25, -0.2) is 0 Å². The van der Waals surface area contributed by atoms with Crippen LogP contribution in [0.3, 0.4) is 0 Å². The van der Waals surface area contributed by atoms with Crippen LogP contribution in [0.2, 0.25) is 0 Å². The normalized spacial score (nSPS) is 52.3. The van der Waals surface area contributed by atoms with E-state index in [9.17, 15) is 0 Å². The Morgan fingerprint density at radius 1 is 1.14 bits per heavy atom. The fourth-order valence-corrected chi connectivity index (χ4v) is 1.97. The molecule has 0 spiro atoms. The molecule has 0 N–H and O–H groups in total. The molecule has 3 saturated carbocycles.